The topological polar surface area (TPSA) is 102 Å². The summed E-state index contributed by atoms with van der Waals surface area (Å²) in [6, 6.07) is 1.02. The van der Waals surface area contributed by atoms with Crippen molar-refractivity contribution >= 4 is 11.8 Å². The molecular weight excluding hydrogens is 222 g/mol. The van der Waals surface area contributed by atoms with Crippen molar-refractivity contribution in [3.63, 3.8) is 0 Å². The first kappa shape index (κ1) is 13.2. The van der Waals surface area contributed by atoms with Crippen LogP contribution < -0.4 is 16.6 Å². The van der Waals surface area contributed by atoms with E-state index in [1.807, 2.05) is 13.8 Å². The lowest BCUT2D eigenvalue weighted by Gasteiger charge is -2.19. The van der Waals surface area contributed by atoms with Crippen molar-refractivity contribution in [3.05, 3.63) is 18.0 Å². The summed E-state index contributed by atoms with van der Waals surface area (Å²) in [5.41, 5.74) is 2.36. The lowest BCUT2D eigenvalue weighted by molar-refractivity contribution is -0.125. The highest BCUT2D eigenvalue weighted by Gasteiger charge is 2.24. The van der Waals surface area contributed by atoms with Crippen LogP contribution in [0.15, 0.2) is 12.3 Å². The highest BCUT2D eigenvalue weighted by molar-refractivity contribution is 5.92. The first-order valence-electron chi connectivity index (χ1n) is 5.29. The van der Waals surface area contributed by atoms with Gasteiger partial charge in [-0.3, -0.25) is 19.7 Å². The predicted octanol–water partition coefficient (Wildman–Crippen LogP) is -0.570. The number of hydrogen-bond donors (Lipinski definition) is 3. The smallest absolute Gasteiger partial charge is 0.271 e. The lowest BCUT2D eigenvalue weighted by atomic mass is 10.0. The Hall–Kier alpha value is -1.89. The summed E-state index contributed by atoms with van der Waals surface area (Å²) in [7, 11) is 1.52. The van der Waals surface area contributed by atoms with E-state index in [1.165, 1.54) is 11.7 Å². The molecule has 1 aromatic rings. The normalized spacial score (nSPS) is 12.3. The third kappa shape index (κ3) is 2.82. The van der Waals surface area contributed by atoms with Crippen LogP contribution in [0.5, 0.6) is 0 Å². The van der Waals surface area contributed by atoms with Gasteiger partial charge in [0.05, 0.1) is 0 Å². The summed E-state index contributed by atoms with van der Waals surface area (Å²) >= 11 is 0. The van der Waals surface area contributed by atoms with Crippen molar-refractivity contribution in [2.75, 3.05) is 7.05 Å². The fourth-order valence-electron chi connectivity index (χ4n) is 1.56. The van der Waals surface area contributed by atoms with E-state index in [2.05, 4.69) is 15.8 Å². The van der Waals surface area contributed by atoms with E-state index in [0.29, 0.717) is 0 Å². The van der Waals surface area contributed by atoms with Crippen LogP contribution in [0, 0.1) is 5.92 Å². The molecule has 1 rings (SSSR count). The molecule has 1 heterocycles. The average Bonchev–Trinajstić information content (AvgIpc) is 2.76. The Morgan fingerprint density at radius 3 is 2.59 bits per heavy atom. The first-order valence-corrected chi connectivity index (χ1v) is 5.29. The molecule has 7 nitrogen and oxygen atoms in total. The summed E-state index contributed by atoms with van der Waals surface area (Å²) in [5.74, 6) is 4.50. The van der Waals surface area contributed by atoms with Crippen LogP contribution in [0.2, 0.25) is 0 Å². The minimum atomic E-state index is -0.529. The van der Waals surface area contributed by atoms with E-state index in [1.54, 1.807) is 12.3 Å². The maximum atomic E-state index is 11.6. The zero-order valence-electron chi connectivity index (χ0n) is 10.1. The molecule has 0 bridgehead atoms. The van der Waals surface area contributed by atoms with Gasteiger partial charge in [-0.2, -0.15) is 5.10 Å². The third-order valence-corrected chi connectivity index (χ3v) is 2.40. The van der Waals surface area contributed by atoms with Gasteiger partial charge in [0.2, 0.25) is 0 Å². The maximum Gasteiger partial charge on any atom is 0.271 e. The molecule has 7 heteroatoms. The molecule has 0 aliphatic heterocycles. The Balaban J connectivity index is 3.00. The van der Waals surface area contributed by atoms with Gasteiger partial charge in [0.25, 0.3) is 11.8 Å². The van der Waals surface area contributed by atoms with Gasteiger partial charge in [-0.05, 0) is 12.0 Å². The second kappa shape index (κ2) is 5.44. The van der Waals surface area contributed by atoms with Crippen LogP contribution in [-0.4, -0.2) is 28.6 Å². The minimum absolute atomic E-state index is 0.0102. The van der Waals surface area contributed by atoms with Crippen LogP contribution >= 0.6 is 0 Å². The molecule has 1 aromatic heterocycles. The fourth-order valence-corrected chi connectivity index (χ4v) is 1.56. The highest BCUT2D eigenvalue weighted by atomic mass is 16.2. The third-order valence-electron chi connectivity index (χ3n) is 2.40. The minimum Gasteiger partial charge on any atom is -0.354 e. The van der Waals surface area contributed by atoms with E-state index in [4.69, 9.17) is 5.84 Å². The van der Waals surface area contributed by atoms with Crippen molar-refractivity contribution in [3.8, 4) is 0 Å². The molecule has 0 aliphatic rings. The van der Waals surface area contributed by atoms with Gasteiger partial charge in [-0.15, -0.1) is 0 Å². The summed E-state index contributed by atoms with van der Waals surface area (Å²) in [6.07, 6.45) is 1.59. The molecule has 0 spiro atoms. The quantitative estimate of drug-likeness (QED) is 0.372. The van der Waals surface area contributed by atoms with Crippen LogP contribution in [-0.2, 0) is 4.79 Å². The van der Waals surface area contributed by atoms with Crippen molar-refractivity contribution in [2.24, 2.45) is 11.8 Å². The zero-order valence-corrected chi connectivity index (χ0v) is 10.1. The number of carbonyl (C=O) groups excluding carboxylic acids is 2. The van der Waals surface area contributed by atoms with Crippen molar-refractivity contribution < 1.29 is 9.59 Å². The van der Waals surface area contributed by atoms with Crippen molar-refractivity contribution in [1.82, 2.24) is 20.5 Å². The second-order valence-corrected chi connectivity index (χ2v) is 3.96. The number of carbonyl (C=O) groups is 2. The monoisotopic (exact) mass is 239 g/mol. The molecule has 94 valence electrons. The molecule has 1 atom stereocenters. The molecule has 0 saturated carbocycles. The summed E-state index contributed by atoms with van der Waals surface area (Å²) < 4.78 is 1.44. The Bertz CT molecular complexity index is 413. The number of aromatic nitrogens is 2. The van der Waals surface area contributed by atoms with Crippen molar-refractivity contribution in [2.45, 2.75) is 19.9 Å². The molecule has 17 heavy (non-hydrogen) atoms. The number of hydrazine groups is 1. The molecule has 1 unspecified atom stereocenters. The largest absolute Gasteiger partial charge is 0.354 e. The number of nitrogens with two attached hydrogens (primary N) is 1. The lowest BCUT2D eigenvalue weighted by Crippen LogP contribution is -2.39. The Labute approximate surface area is 99.3 Å². The van der Waals surface area contributed by atoms with E-state index in [-0.39, 0.29) is 23.4 Å². The van der Waals surface area contributed by atoms with Crippen LogP contribution in [0.4, 0.5) is 0 Å². The van der Waals surface area contributed by atoms with Gasteiger partial charge in [0.1, 0.15) is 11.7 Å². The molecule has 0 radical (unpaired) electrons. The Kier molecular flexibility index (Phi) is 4.22. The summed E-state index contributed by atoms with van der Waals surface area (Å²) in [6.45, 7) is 3.75. The first-order chi connectivity index (χ1) is 8.01. The van der Waals surface area contributed by atoms with Crippen LogP contribution in [0.1, 0.15) is 30.4 Å². The standard InChI is InChI=1S/C10H17N5O2/c1-6(2)8(10(17)13-11)15-5-4-7(14-15)9(16)12-3/h4-6,8H,11H2,1-3H3,(H,12,16)(H,13,17). The Morgan fingerprint density at radius 1 is 1.47 bits per heavy atom. The van der Waals surface area contributed by atoms with E-state index >= 15 is 0 Å². The van der Waals surface area contributed by atoms with Gasteiger partial charge in [-0.25, -0.2) is 5.84 Å². The second-order valence-electron chi connectivity index (χ2n) is 3.96. The predicted molar refractivity (Wildman–Crippen MR) is 61.8 cm³/mol. The number of amides is 2. The Morgan fingerprint density at radius 2 is 2.12 bits per heavy atom. The van der Waals surface area contributed by atoms with Gasteiger partial charge in [-0.1, -0.05) is 13.8 Å². The molecule has 0 fully saturated rings. The van der Waals surface area contributed by atoms with Crippen LogP contribution in [0.25, 0.3) is 0 Å². The molecule has 0 aromatic carbocycles. The maximum absolute atomic E-state index is 11.6. The highest BCUT2D eigenvalue weighted by Crippen LogP contribution is 2.17. The van der Waals surface area contributed by atoms with E-state index in [0.717, 1.165) is 0 Å². The molecule has 4 N–H and O–H groups in total. The number of rotatable bonds is 4. The molecule has 0 aliphatic carbocycles. The zero-order chi connectivity index (χ0) is 13.0. The summed E-state index contributed by atoms with van der Waals surface area (Å²) in [4.78, 5) is 23.0. The SMILES string of the molecule is CNC(=O)c1ccn(C(C(=O)NN)C(C)C)n1. The van der Waals surface area contributed by atoms with E-state index < -0.39 is 6.04 Å². The van der Waals surface area contributed by atoms with Gasteiger partial charge in [0.15, 0.2) is 0 Å². The fraction of sp³-hybridized carbons (Fsp3) is 0.500. The molecule has 0 saturated heterocycles. The number of nitrogens with one attached hydrogen (secondary N) is 2. The molecular formula is C10H17N5O2. The number of nitrogens with zero attached hydrogens (tertiary/aromatic N) is 2. The van der Waals surface area contributed by atoms with Crippen LogP contribution in [0.3, 0.4) is 0 Å². The molecule has 2 amide bonds. The van der Waals surface area contributed by atoms with Gasteiger partial charge < -0.3 is 5.32 Å². The van der Waals surface area contributed by atoms with Crippen molar-refractivity contribution in [1.29, 1.82) is 0 Å². The van der Waals surface area contributed by atoms with Gasteiger partial charge in [0, 0.05) is 13.2 Å². The summed E-state index contributed by atoms with van der Waals surface area (Å²) in [5, 5.41) is 6.53. The number of hydrogen-bond acceptors (Lipinski definition) is 4. The van der Waals surface area contributed by atoms with Gasteiger partial charge >= 0.3 is 0 Å². The van der Waals surface area contributed by atoms with E-state index in [9.17, 15) is 9.59 Å². The average molecular weight is 239 g/mol.